The van der Waals surface area contributed by atoms with Crippen molar-refractivity contribution in [1.29, 1.82) is 0 Å². The van der Waals surface area contributed by atoms with E-state index in [-0.39, 0.29) is 34.8 Å². The first-order valence-electron chi connectivity index (χ1n) is 12.0. The molecule has 0 aliphatic carbocycles. The zero-order valence-corrected chi connectivity index (χ0v) is 21.4. The van der Waals surface area contributed by atoms with Crippen LogP contribution >= 0.6 is 0 Å². The molecule has 1 heterocycles. The third-order valence-corrected chi connectivity index (χ3v) is 5.98. The SMILES string of the molecule is CCCOC(=O)c1c(C(=O)c2ccc(C)cc2)c(-c2ccc(C)cc2)nn1-c1ccc([N+](=O)[O-])cc1[N+](=O)[O-]. The molecule has 39 heavy (non-hydrogen) atoms. The van der Waals surface area contributed by atoms with Crippen molar-refractivity contribution in [3.63, 3.8) is 0 Å². The van der Waals surface area contributed by atoms with E-state index in [0.29, 0.717) is 12.0 Å². The standard InChI is InChI=1S/C28H24N4O7/c1-4-15-39-28(34)26-24(27(33)20-11-7-18(3)8-12-20)25(19-9-5-17(2)6-10-19)29-30(26)22-14-13-21(31(35)36)16-23(22)32(37)38/h5-14,16H,4,15H2,1-3H3. The maximum Gasteiger partial charge on any atom is 0.357 e. The Labute approximate surface area is 223 Å². The maximum absolute atomic E-state index is 13.9. The number of ether oxygens (including phenoxy) is 1. The number of hydrogen-bond acceptors (Lipinski definition) is 8. The van der Waals surface area contributed by atoms with Crippen molar-refractivity contribution in [3.8, 4) is 16.9 Å². The summed E-state index contributed by atoms with van der Waals surface area (Å²) in [5.41, 5.74) is 0.909. The smallest absolute Gasteiger partial charge is 0.357 e. The van der Waals surface area contributed by atoms with Crippen molar-refractivity contribution in [2.75, 3.05) is 6.61 Å². The average molecular weight is 529 g/mol. The number of aromatic nitrogens is 2. The molecular weight excluding hydrogens is 504 g/mol. The van der Waals surface area contributed by atoms with Crippen LogP contribution in [0.5, 0.6) is 0 Å². The van der Waals surface area contributed by atoms with Crippen molar-refractivity contribution in [3.05, 3.63) is 115 Å². The van der Waals surface area contributed by atoms with E-state index in [1.54, 1.807) is 55.5 Å². The number of carbonyl (C=O) groups is 2. The van der Waals surface area contributed by atoms with E-state index in [1.165, 1.54) is 0 Å². The lowest BCUT2D eigenvalue weighted by Crippen LogP contribution is -2.17. The second-order valence-corrected chi connectivity index (χ2v) is 8.87. The van der Waals surface area contributed by atoms with Crippen molar-refractivity contribution in [1.82, 2.24) is 9.78 Å². The Morgan fingerprint density at radius 2 is 1.51 bits per heavy atom. The average Bonchev–Trinajstić information content (AvgIpc) is 3.32. The van der Waals surface area contributed by atoms with Crippen molar-refractivity contribution in [2.24, 2.45) is 0 Å². The number of hydrogen-bond donors (Lipinski definition) is 0. The summed E-state index contributed by atoms with van der Waals surface area (Å²) in [6, 6.07) is 16.8. The molecule has 0 bridgehead atoms. The van der Waals surface area contributed by atoms with Gasteiger partial charge in [0.2, 0.25) is 0 Å². The van der Waals surface area contributed by atoms with E-state index in [9.17, 15) is 29.8 Å². The Morgan fingerprint density at radius 3 is 2.08 bits per heavy atom. The van der Waals surface area contributed by atoms with Gasteiger partial charge in [0.25, 0.3) is 5.69 Å². The summed E-state index contributed by atoms with van der Waals surface area (Å²) in [5, 5.41) is 27.8. The van der Waals surface area contributed by atoms with Gasteiger partial charge in [-0.2, -0.15) is 5.10 Å². The fourth-order valence-electron chi connectivity index (χ4n) is 3.97. The molecule has 4 rings (SSSR count). The van der Waals surface area contributed by atoms with Crippen molar-refractivity contribution < 1.29 is 24.2 Å². The normalized spacial score (nSPS) is 10.7. The molecule has 0 N–H and O–H groups in total. The van der Waals surface area contributed by atoms with E-state index < -0.39 is 33.0 Å². The molecule has 3 aromatic carbocycles. The molecule has 0 unspecified atom stereocenters. The van der Waals surface area contributed by atoms with E-state index in [2.05, 4.69) is 5.10 Å². The zero-order chi connectivity index (χ0) is 28.3. The van der Waals surface area contributed by atoms with Gasteiger partial charge in [0.05, 0.1) is 28.1 Å². The first kappa shape index (κ1) is 26.9. The first-order chi connectivity index (χ1) is 18.6. The van der Waals surface area contributed by atoms with Gasteiger partial charge in [-0.25, -0.2) is 9.48 Å². The summed E-state index contributed by atoms with van der Waals surface area (Å²) < 4.78 is 6.35. The molecule has 0 radical (unpaired) electrons. The van der Waals surface area contributed by atoms with Gasteiger partial charge in [-0.1, -0.05) is 66.6 Å². The molecule has 0 aliphatic heterocycles. The maximum atomic E-state index is 13.9. The van der Waals surface area contributed by atoms with Gasteiger partial charge in [-0.15, -0.1) is 0 Å². The number of benzene rings is 3. The summed E-state index contributed by atoms with van der Waals surface area (Å²) in [5.74, 6) is -1.45. The molecule has 0 aliphatic rings. The molecular formula is C28H24N4O7. The number of nitro benzene ring substituents is 2. The number of esters is 1. The fourth-order valence-corrected chi connectivity index (χ4v) is 3.97. The highest BCUT2D eigenvalue weighted by Crippen LogP contribution is 2.34. The van der Waals surface area contributed by atoms with E-state index in [0.717, 1.165) is 34.0 Å². The van der Waals surface area contributed by atoms with Crippen molar-refractivity contribution in [2.45, 2.75) is 27.2 Å². The molecule has 0 saturated heterocycles. The minimum atomic E-state index is -0.911. The molecule has 198 valence electrons. The van der Waals surface area contributed by atoms with Gasteiger partial charge in [-0.3, -0.25) is 25.0 Å². The number of nitrogens with zero attached hydrogens (tertiary/aromatic N) is 4. The molecule has 11 nitrogen and oxygen atoms in total. The van der Waals surface area contributed by atoms with Crippen LogP contribution < -0.4 is 0 Å². The predicted octanol–water partition coefficient (Wildman–Crippen LogP) is 5.77. The van der Waals surface area contributed by atoms with Crippen LogP contribution in [0.2, 0.25) is 0 Å². The Balaban J connectivity index is 2.08. The lowest BCUT2D eigenvalue weighted by molar-refractivity contribution is -0.394. The van der Waals surface area contributed by atoms with E-state index >= 15 is 0 Å². The third kappa shape index (κ3) is 5.42. The van der Waals surface area contributed by atoms with Gasteiger partial charge >= 0.3 is 11.7 Å². The van der Waals surface area contributed by atoms with Crippen molar-refractivity contribution >= 4 is 23.1 Å². The Hall–Kier alpha value is -5.19. The fraction of sp³-hybridized carbons (Fsp3) is 0.179. The lowest BCUT2D eigenvalue weighted by Gasteiger charge is -2.10. The zero-order valence-electron chi connectivity index (χ0n) is 21.4. The number of aryl methyl sites for hydroxylation is 2. The lowest BCUT2D eigenvalue weighted by atomic mass is 9.96. The second kappa shape index (κ2) is 11.1. The van der Waals surface area contributed by atoms with Gasteiger partial charge in [0.1, 0.15) is 11.4 Å². The van der Waals surface area contributed by atoms with Gasteiger partial charge in [0, 0.05) is 17.2 Å². The molecule has 4 aromatic rings. The summed E-state index contributed by atoms with van der Waals surface area (Å²) in [4.78, 5) is 49.1. The number of ketones is 1. The minimum absolute atomic E-state index is 0.0321. The molecule has 1 aromatic heterocycles. The number of rotatable bonds is 9. The second-order valence-electron chi connectivity index (χ2n) is 8.87. The summed E-state index contributed by atoms with van der Waals surface area (Å²) in [6.07, 6.45) is 0.490. The minimum Gasteiger partial charge on any atom is -0.461 e. The largest absolute Gasteiger partial charge is 0.461 e. The van der Waals surface area contributed by atoms with Crippen LogP contribution in [0.15, 0.2) is 66.7 Å². The number of non-ortho nitro benzene ring substituents is 1. The van der Waals surface area contributed by atoms with E-state index in [4.69, 9.17) is 4.74 Å². The molecule has 0 spiro atoms. The quantitative estimate of drug-likeness (QED) is 0.115. The van der Waals surface area contributed by atoms with Gasteiger partial charge < -0.3 is 4.74 Å². The Morgan fingerprint density at radius 1 is 0.897 bits per heavy atom. The topological polar surface area (TPSA) is 147 Å². The molecule has 0 fully saturated rings. The molecule has 0 saturated carbocycles. The summed E-state index contributed by atoms with van der Waals surface area (Å²) >= 11 is 0. The highest BCUT2D eigenvalue weighted by atomic mass is 16.6. The van der Waals surface area contributed by atoms with Crippen LogP contribution in [-0.2, 0) is 4.74 Å². The number of nitro groups is 2. The van der Waals surface area contributed by atoms with Crippen LogP contribution in [0.3, 0.4) is 0 Å². The summed E-state index contributed by atoms with van der Waals surface area (Å²) in [7, 11) is 0. The van der Waals surface area contributed by atoms with Crippen LogP contribution in [0.1, 0.15) is 50.9 Å². The van der Waals surface area contributed by atoms with Crippen LogP contribution in [0.25, 0.3) is 16.9 Å². The highest BCUT2D eigenvalue weighted by molar-refractivity contribution is 6.17. The third-order valence-electron chi connectivity index (χ3n) is 5.98. The first-order valence-corrected chi connectivity index (χ1v) is 12.0. The monoisotopic (exact) mass is 528 g/mol. The Bertz CT molecular complexity index is 1590. The summed E-state index contributed by atoms with van der Waals surface area (Å²) in [6.45, 7) is 5.58. The molecule has 11 heteroatoms. The van der Waals surface area contributed by atoms with Crippen LogP contribution in [-0.4, -0.2) is 38.0 Å². The highest BCUT2D eigenvalue weighted by Gasteiger charge is 2.34. The van der Waals surface area contributed by atoms with Crippen LogP contribution in [0.4, 0.5) is 11.4 Å². The molecule has 0 amide bonds. The number of carbonyl (C=O) groups excluding carboxylic acids is 2. The van der Waals surface area contributed by atoms with E-state index in [1.807, 2.05) is 13.8 Å². The van der Waals surface area contributed by atoms with Gasteiger partial charge in [0.15, 0.2) is 11.5 Å². The molecule has 0 atom stereocenters. The predicted molar refractivity (Wildman–Crippen MR) is 142 cm³/mol. The van der Waals surface area contributed by atoms with Crippen LogP contribution in [0, 0.1) is 34.1 Å². The van der Waals surface area contributed by atoms with Gasteiger partial charge in [-0.05, 0) is 26.3 Å². The Kier molecular flexibility index (Phi) is 7.61.